The maximum Gasteiger partial charge on any atom is 0.308 e. The molecule has 1 unspecified atom stereocenters. The van der Waals surface area contributed by atoms with Crippen LogP contribution < -0.4 is 0 Å². The number of carboxylic acid groups (broad SMARTS) is 1. The molecule has 5 nitrogen and oxygen atoms in total. The lowest BCUT2D eigenvalue weighted by atomic mass is 9.98. The summed E-state index contributed by atoms with van der Waals surface area (Å²) in [5.41, 5.74) is 0.674. The number of benzene rings is 1. The zero-order chi connectivity index (χ0) is 16.4. The van der Waals surface area contributed by atoms with Gasteiger partial charge in [0, 0.05) is 18.7 Å². The van der Waals surface area contributed by atoms with E-state index in [0.717, 1.165) is 0 Å². The van der Waals surface area contributed by atoms with Crippen molar-refractivity contribution in [2.45, 2.75) is 12.8 Å². The Morgan fingerprint density at radius 2 is 1.91 bits per heavy atom. The molecule has 1 saturated heterocycles. The molecule has 0 saturated carbocycles. The van der Waals surface area contributed by atoms with Gasteiger partial charge in [-0.15, -0.1) is 0 Å². The predicted molar refractivity (Wildman–Crippen MR) is 80.4 cm³/mol. The van der Waals surface area contributed by atoms with Crippen molar-refractivity contribution in [3.63, 3.8) is 0 Å². The van der Waals surface area contributed by atoms with Crippen LogP contribution >= 0.6 is 0 Å². The van der Waals surface area contributed by atoms with Crippen LogP contribution in [0.3, 0.4) is 0 Å². The highest BCUT2D eigenvalue weighted by Gasteiger charge is 2.29. The summed E-state index contributed by atoms with van der Waals surface area (Å²) in [6.45, 7) is 0.718. The van der Waals surface area contributed by atoms with Gasteiger partial charge in [-0.05, 0) is 49.2 Å². The molecule has 120 valence electrons. The first-order valence-electron chi connectivity index (χ1n) is 7.42. The fourth-order valence-corrected chi connectivity index (χ4v) is 2.74. The Hall–Kier alpha value is -2.63. The van der Waals surface area contributed by atoms with Crippen molar-refractivity contribution in [1.29, 1.82) is 0 Å². The number of amides is 1. The van der Waals surface area contributed by atoms with Crippen LogP contribution in [0.25, 0.3) is 11.3 Å². The summed E-state index contributed by atoms with van der Waals surface area (Å²) in [7, 11) is 0. The average Bonchev–Trinajstić information content (AvgIpc) is 3.05. The number of carbonyl (C=O) groups excluding carboxylic acids is 1. The van der Waals surface area contributed by atoms with E-state index in [9.17, 15) is 14.0 Å². The van der Waals surface area contributed by atoms with Crippen LogP contribution in [0.4, 0.5) is 4.39 Å². The van der Waals surface area contributed by atoms with Crippen LogP contribution in [0.15, 0.2) is 40.8 Å². The van der Waals surface area contributed by atoms with E-state index in [0.29, 0.717) is 30.7 Å². The van der Waals surface area contributed by atoms with Crippen molar-refractivity contribution < 1.29 is 23.5 Å². The summed E-state index contributed by atoms with van der Waals surface area (Å²) in [5.74, 6) is -1.43. The molecule has 0 spiro atoms. The zero-order valence-corrected chi connectivity index (χ0v) is 12.4. The van der Waals surface area contributed by atoms with E-state index in [1.54, 1.807) is 24.3 Å². The number of piperidine rings is 1. The summed E-state index contributed by atoms with van der Waals surface area (Å²) < 4.78 is 18.5. The van der Waals surface area contributed by atoms with Gasteiger partial charge in [0.1, 0.15) is 11.6 Å². The molecule has 1 amide bonds. The molecular formula is C17H16FNO4. The number of halogens is 1. The van der Waals surface area contributed by atoms with Crippen LogP contribution in [-0.2, 0) is 4.79 Å². The molecule has 1 fully saturated rings. The minimum absolute atomic E-state index is 0.162. The standard InChI is InChI=1S/C17H16FNO4/c18-13-5-3-11(4-6-13)14-7-8-15(23-14)16(20)19-9-1-2-12(10-19)17(21)22/h3-8,12H,1-2,9-10H2,(H,21,22). The molecule has 2 heterocycles. The van der Waals surface area contributed by atoms with E-state index in [-0.39, 0.29) is 24.0 Å². The predicted octanol–water partition coefficient (Wildman–Crippen LogP) is 3.02. The van der Waals surface area contributed by atoms with E-state index in [1.165, 1.54) is 17.0 Å². The van der Waals surface area contributed by atoms with Gasteiger partial charge in [-0.1, -0.05) is 0 Å². The maximum atomic E-state index is 12.9. The van der Waals surface area contributed by atoms with Gasteiger partial charge >= 0.3 is 5.97 Å². The van der Waals surface area contributed by atoms with Gasteiger partial charge in [0.2, 0.25) is 0 Å². The maximum absolute atomic E-state index is 12.9. The monoisotopic (exact) mass is 317 g/mol. The third kappa shape index (κ3) is 3.26. The van der Waals surface area contributed by atoms with Crippen LogP contribution in [0.1, 0.15) is 23.4 Å². The lowest BCUT2D eigenvalue weighted by Gasteiger charge is -2.29. The summed E-state index contributed by atoms with van der Waals surface area (Å²) in [6.07, 6.45) is 1.24. The quantitative estimate of drug-likeness (QED) is 0.944. The minimum atomic E-state index is -0.881. The van der Waals surface area contributed by atoms with E-state index in [4.69, 9.17) is 9.52 Å². The number of rotatable bonds is 3. The van der Waals surface area contributed by atoms with Gasteiger partial charge in [-0.3, -0.25) is 9.59 Å². The van der Waals surface area contributed by atoms with Crippen LogP contribution in [0.2, 0.25) is 0 Å². The number of carboxylic acids is 1. The number of hydrogen-bond acceptors (Lipinski definition) is 3. The number of carbonyl (C=O) groups is 2. The van der Waals surface area contributed by atoms with E-state index in [1.807, 2.05) is 0 Å². The molecular weight excluding hydrogens is 301 g/mol. The van der Waals surface area contributed by atoms with Crippen LogP contribution in [0.5, 0.6) is 0 Å². The van der Waals surface area contributed by atoms with Crippen molar-refractivity contribution in [3.05, 3.63) is 48.0 Å². The minimum Gasteiger partial charge on any atom is -0.481 e. The molecule has 1 aromatic carbocycles. The third-order valence-electron chi connectivity index (χ3n) is 4.00. The molecule has 1 aliphatic rings. The first-order valence-corrected chi connectivity index (χ1v) is 7.42. The molecule has 1 N–H and O–H groups in total. The Morgan fingerprint density at radius 1 is 1.17 bits per heavy atom. The number of hydrogen-bond donors (Lipinski definition) is 1. The van der Waals surface area contributed by atoms with E-state index >= 15 is 0 Å². The van der Waals surface area contributed by atoms with Gasteiger partial charge in [-0.2, -0.15) is 0 Å². The van der Waals surface area contributed by atoms with Crippen molar-refractivity contribution in [2.75, 3.05) is 13.1 Å². The Balaban J connectivity index is 1.75. The number of aliphatic carboxylic acids is 1. The first-order chi connectivity index (χ1) is 11.0. The van der Waals surface area contributed by atoms with Crippen molar-refractivity contribution >= 4 is 11.9 Å². The zero-order valence-electron chi connectivity index (χ0n) is 12.4. The molecule has 0 radical (unpaired) electrons. The molecule has 6 heteroatoms. The molecule has 1 aliphatic heterocycles. The van der Waals surface area contributed by atoms with Crippen molar-refractivity contribution in [3.8, 4) is 11.3 Å². The molecule has 0 aliphatic carbocycles. The number of likely N-dealkylation sites (tertiary alicyclic amines) is 1. The van der Waals surface area contributed by atoms with Crippen molar-refractivity contribution in [2.24, 2.45) is 5.92 Å². The second kappa shape index (κ2) is 6.24. The van der Waals surface area contributed by atoms with Crippen molar-refractivity contribution in [1.82, 2.24) is 4.90 Å². The van der Waals surface area contributed by atoms with Gasteiger partial charge in [0.25, 0.3) is 5.91 Å². The normalized spacial score (nSPS) is 18.0. The van der Waals surface area contributed by atoms with Gasteiger partial charge < -0.3 is 14.4 Å². The third-order valence-corrected chi connectivity index (χ3v) is 4.00. The molecule has 1 atom stereocenters. The van der Waals surface area contributed by atoms with Gasteiger partial charge in [0.15, 0.2) is 5.76 Å². The highest BCUT2D eigenvalue weighted by Crippen LogP contribution is 2.25. The fourth-order valence-electron chi connectivity index (χ4n) is 2.74. The topological polar surface area (TPSA) is 70.8 Å². The highest BCUT2D eigenvalue weighted by molar-refractivity contribution is 5.92. The van der Waals surface area contributed by atoms with E-state index < -0.39 is 11.9 Å². The molecule has 23 heavy (non-hydrogen) atoms. The average molecular weight is 317 g/mol. The second-order valence-electron chi connectivity index (χ2n) is 5.60. The largest absolute Gasteiger partial charge is 0.481 e. The SMILES string of the molecule is O=C(O)C1CCCN(C(=O)c2ccc(-c3ccc(F)cc3)o2)C1. The second-order valence-corrected chi connectivity index (χ2v) is 5.60. The molecule has 0 bridgehead atoms. The molecule has 1 aromatic heterocycles. The summed E-state index contributed by atoms with van der Waals surface area (Å²) in [6, 6.07) is 9.00. The summed E-state index contributed by atoms with van der Waals surface area (Å²) in [4.78, 5) is 25.0. The number of furan rings is 1. The Bertz CT molecular complexity index is 722. The smallest absolute Gasteiger partial charge is 0.308 e. The van der Waals surface area contributed by atoms with Gasteiger partial charge in [0.05, 0.1) is 5.92 Å². The highest BCUT2D eigenvalue weighted by atomic mass is 19.1. The lowest BCUT2D eigenvalue weighted by Crippen LogP contribution is -2.42. The summed E-state index contributed by atoms with van der Waals surface area (Å²) >= 11 is 0. The van der Waals surface area contributed by atoms with Crippen LogP contribution in [0, 0.1) is 11.7 Å². The van der Waals surface area contributed by atoms with Gasteiger partial charge in [-0.25, -0.2) is 4.39 Å². The van der Waals surface area contributed by atoms with E-state index in [2.05, 4.69) is 0 Å². The molecule has 3 rings (SSSR count). The number of nitrogens with zero attached hydrogens (tertiary/aromatic N) is 1. The molecule has 2 aromatic rings. The first kappa shape index (κ1) is 15.3. The van der Waals surface area contributed by atoms with Crippen LogP contribution in [-0.4, -0.2) is 35.0 Å². The lowest BCUT2D eigenvalue weighted by molar-refractivity contribution is -0.143. The summed E-state index contributed by atoms with van der Waals surface area (Å²) in [5, 5.41) is 9.09. The Morgan fingerprint density at radius 3 is 2.61 bits per heavy atom. The Labute approximate surface area is 132 Å². The Kier molecular flexibility index (Phi) is 4.14. The fraction of sp³-hybridized carbons (Fsp3) is 0.294.